The zero-order valence-electron chi connectivity index (χ0n) is 11.4. The lowest BCUT2D eigenvalue weighted by Gasteiger charge is -2.10. The van der Waals surface area contributed by atoms with E-state index in [0.29, 0.717) is 5.56 Å². The third-order valence-electron chi connectivity index (χ3n) is 3.71. The Balaban J connectivity index is 2.40. The molecule has 100 valence electrons. The van der Waals surface area contributed by atoms with Gasteiger partial charge in [0.15, 0.2) is 0 Å². The maximum atomic E-state index is 11.2. The maximum absolute atomic E-state index is 11.2. The van der Waals surface area contributed by atoms with Crippen LogP contribution in [0.4, 0.5) is 0 Å². The molecule has 3 rings (SSSR count). The summed E-state index contributed by atoms with van der Waals surface area (Å²) in [5, 5.41) is 13.6. The van der Waals surface area contributed by atoms with Crippen LogP contribution in [0, 0.1) is 0 Å². The average molecular weight is 264 g/mol. The largest absolute Gasteiger partial charge is 0.478 e. The number of fused-ring (bicyclic) bond motifs is 3. The first-order chi connectivity index (χ1) is 9.70. The van der Waals surface area contributed by atoms with Crippen LogP contribution in [0.2, 0.25) is 0 Å². The van der Waals surface area contributed by atoms with E-state index >= 15 is 0 Å². The predicted molar refractivity (Wildman–Crippen MR) is 82.4 cm³/mol. The molecule has 0 aliphatic heterocycles. The van der Waals surface area contributed by atoms with Crippen LogP contribution >= 0.6 is 0 Å². The Morgan fingerprint density at radius 3 is 2.45 bits per heavy atom. The standard InChI is InChI=1S/C18H16O2/c1-2-5-12-10-13-8-9-14(18(19)20)11-17(13)16-7-4-3-6-15(12)16/h3-4,6-11H,2,5H2,1H3,(H,19,20). The first kappa shape index (κ1) is 12.7. The molecule has 0 aliphatic carbocycles. The smallest absolute Gasteiger partial charge is 0.335 e. The van der Waals surface area contributed by atoms with Gasteiger partial charge in [-0.25, -0.2) is 4.79 Å². The predicted octanol–water partition coefficient (Wildman–Crippen LogP) is 4.64. The molecule has 0 heterocycles. The summed E-state index contributed by atoms with van der Waals surface area (Å²) >= 11 is 0. The minimum atomic E-state index is -0.881. The zero-order valence-corrected chi connectivity index (χ0v) is 11.4. The highest BCUT2D eigenvalue weighted by Crippen LogP contribution is 2.30. The molecule has 0 radical (unpaired) electrons. The fraction of sp³-hybridized carbons (Fsp3) is 0.167. The second-order valence-corrected chi connectivity index (χ2v) is 5.07. The molecular formula is C18H16O2. The lowest BCUT2D eigenvalue weighted by Crippen LogP contribution is -1.96. The van der Waals surface area contributed by atoms with E-state index in [1.165, 1.54) is 10.9 Å². The molecule has 0 amide bonds. The van der Waals surface area contributed by atoms with Gasteiger partial charge in [-0.3, -0.25) is 0 Å². The van der Waals surface area contributed by atoms with Crippen molar-refractivity contribution < 1.29 is 9.90 Å². The Hall–Kier alpha value is -2.35. The van der Waals surface area contributed by atoms with Crippen molar-refractivity contribution in [3.8, 4) is 0 Å². The van der Waals surface area contributed by atoms with E-state index in [4.69, 9.17) is 5.11 Å². The number of carboxylic acid groups (broad SMARTS) is 1. The normalized spacial score (nSPS) is 11.1. The van der Waals surface area contributed by atoms with Crippen LogP contribution in [0.25, 0.3) is 21.5 Å². The maximum Gasteiger partial charge on any atom is 0.335 e. The minimum Gasteiger partial charge on any atom is -0.478 e. The minimum absolute atomic E-state index is 0.339. The number of carboxylic acids is 1. The molecule has 20 heavy (non-hydrogen) atoms. The summed E-state index contributed by atoms with van der Waals surface area (Å²) in [5.41, 5.74) is 1.67. The molecule has 2 nitrogen and oxygen atoms in total. The molecule has 0 bridgehead atoms. The average Bonchev–Trinajstić information content (AvgIpc) is 2.47. The number of rotatable bonds is 3. The van der Waals surface area contributed by atoms with E-state index in [2.05, 4.69) is 25.1 Å². The lowest BCUT2D eigenvalue weighted by molar-refractivity contribution is 0.0697. The summed E-state index contributed by atoms with van der Waals surface area (Å²) in [4.78, 5) is 11.2. The Morgan fingerprint density at radius 1 is 1.00 bits per heavy atom. The van der Waals surface area contributed by atoms with Crippen molar-refractivity contribution in [3.05, 3.63) is 59.7 Å². The summed E-state index contributed by atoms with van der Waals surface area (Å²) in [5.74, 6) is -0.881. The number of aryl methyl sites for hydroxylation is 1. The van der Waals surface area contributed by atoms with Crippen molar-refractivity contribution in [3.63, 3.8) is 0 Å². The Morgan fingerprint density at radius 2 is 1.75 bits per heavy atom. The van der Waals surface area contributed by atoms with Crippen LogP contribution < -0.4 is 0 Å². The van der Waals surface area contributed by atoms with Crippen LogP contribution in [0.5, 0.6) is 0 Å². The highest BCUT2D eigenvalue weighted by molar-refractivity contribution is 6.10. The van der Waals surface area contributed by atoms with Crippen molar-refractivity contribution in [2.45, 2.75) is 19.8 Å². The van der Waals surface area contributed by atoms with Crippen molar-refractivity contribution in [1.29, 1.82) is 0 Å². The van der Waals surface area contributed by atoms with Crippen molar-refractivity contribution in [2.24, 2.45) is 0 Å². The Bertz CT molecular complexity index is 803. The van der Waals surface area contributed by atoms with Crippen molar-refractivity contribution in [1.82, 2.24) is 0 Å². The molecule has 0 saturated heterocycles. The Labute approximate surface area is 117 Å². The highest BCUT2D eigenvalue weighted by Gasteiger charge is 2.09. The van der Waals surface area contributed by atoms with Gasteiger partial charge in [-0.15, -0.1) is 0 Å². The van der Waals surface area contributed by atoms with Crippen molar-refractivity contribution >= 4 is 27.5 Å². The van der Waals surface area contributed by atoms with Crippen LogP contribution in [-0.2, 0) is 6.42 Å². The van der Waals surface area contributed by atoms with Gasteiger partial charge in [-0.05, 0) is 45.7 Å². The molecule has 2 heteroatoms. The fourth-order valence-corrected chi connectivity index (χ4v) is 2.79. The summed E-state index contributed by atoms with van der Waals surface area (Å²) in [7, 11) is 0. The second kappa shape index (κ2) is 4.97. The molecule has 3 aromatic carbocycles. The van der Waals surface area contributed by atoms with E-state index < -0.39 is 5.97 Å². The molecule has 0 saturated carbocycles. The number of carbonyl (C=O) groups is 1. The van der Waals surface area contributed by atoms with Gasteiger partial charge in [0.25, 0.3) is 0 Å². The zero-order chi connectivity index (χ0) is 14.1. The first-order valence-corrected chi connectivity index (χ1v) is 6.88. The lowest BCUT2D eigenvalue weighted by atomic mass is 9.94. The second-order valence-electron chi connectivity index (χ2n) is 5.07. The van der Waals surface area contributed by atoms with Gasteiger partial charge in [-0.2, -0.15) is 0 Å². The monoisotopic (exact) mass is 264 g/mol. The molecule has 0 spiro atoms. The molecule has 0 aliphatic rings. The van der Waals surface area contributed by atoms with Gasteiger partial charge in [0.2, 0.25) is 0 Å². The molecular weight excluding hydrogens is 248 g/mol. The Kier molecular flexibility index (Phi) is 3.15. The van der Waals surface area contributed by atoms with Gasteiger partial charge in [0, 0.05) is 0 Å². The van der Waals surface area contributed by atoms with E-state index in [9.17, 15) is 4.79 Å². The fourth-order valence-electron chi connectivity index (χ4n) is 2.79. The third kappa shape index (κ3) is 2.03. The van der Waals surface area contributed by atoms with Crippen LogP contribution in [0.15, 0.2) is 48.5 Å². The quantitative estimate of drug-likeness (QED) is 0.699. The molecule has 0 unspecified atom stereocenters. The molecule has 0 aromatic heterocycles. The van der Waals surface area contributed by atoms with E-state index in [-0.39, 0.29) is 0 Å². The molecule has 1 N–H and O–H groups in total. The van der Waals surface area contributed by atoms with E-state index in [1.54, 1.807) is 12.1 Å². The number of hydrogen-bond acceptors (Lipinski definition) is 1. The van der Waals surface area contributed by atoms with Crippen LogP contribution in [-0.4, -0.2) is 11.1 Å². The van der Waals surface area contributed by atoms with Crippen molar-refractivity contribution in [2.75, 3.05) is 0 Å². The topological polar surface area (TPSA) is 37.3 Å². The number of hydrogen-bond donors (Lipinski definition) is 1. The van der Waals surface area contributed by atoms with Crippen LogP contribution in [0.1, 0.15) is 29.3 Å². The van der Waals surface area contributed by atoms with Gasteiger partial charge in [0.1, 0.15) is 0 Å². The van der Waals surface area contributed by atoms with E-state index in [0.717, 1.165) is 29.0 Å². The SMILES string of the molecule is CCCc1cc2ccc(C(=O)O)cc2c2ccccc12. The summed E-state index contributed by atoms with van der Waals surface area (Å²) in [6, 6.07) is 15.8. The molecule has 0 fully saturated rings. The van der Waals surface area contributed by atoms with Gasteiger partial charge >= 0.3 is 5.97 Å². The van der Waals surface area contributed by atoms with Crippen LogP contribution in [0.3, 0.4) is 0 Å². The summed E-state index contributed by atoms with van der Waals surface area (Å²) in [6.07, 6.45) is 2.14. The summed E-state index contributed by atoms with van der Waals surface area (Å²) in [6.45, 7) is 2.17. The molecule has 0 atom stereocenters. The summed E-state index contributed by atoms with van der Waals surface area (Å²) < 4.78 is 0. The third-order valence-corrected chi connectivity index (χ3v) is 3.71. The van der Waals surface area contributed by atoms with Gasteiger partial charge < -0.3 is 5.11 Å². The van der Waals surface area contributed by atoms with Gasteiger partial charge in [0.05, 0.1) is 5.56 Å². The van der Waals surface area contributed by atoms with E-state index in [1.807, 2.05) is 18.2 Å². The molecule has 3 aromatic rings. The van der Waals surface area contributed by atoms with Gasteiger partial charge in [-0.1, -0.05) is 49.7 Å². The number of benzene rings is 3. The first-order valence-electron chi connectivity index (χ1n) is 6.88. The highest BCUT2D eigenvalue weighted by atomic mass is 16.4. The number of aromatic carboxylic acids is 1.